The van der Waals surface area contributed by atoms with Crippen molar-refractivity contribution >= 4 is 48.3 Å². The fourth-order valence-electron chi connectivity index (χ4n) is 2.15. The van der Waals surface area contributed by atoms with Crippen molar-refractivity contribution < 1.29 is 39.9 Å². The van der Waals surface area contributed by atoms with Gasteiger partial charge in [0.1, 0.15) is 10.8 Å². The van der Waals surface area contributed by atoms with Gasteiger partial charge in [-0.15, -0.1) is 0 Å². The Hall–Kier alpha value is -1.54. The first-order valence-electron chi connectivity index (χ1n) is 7.09. The number of nitro benzene ring substituents is 1. The molecule has 14 heteroatoms. The molecule has 0 bridgehead atoms. The number of hydrogen-bond donors (Lipinski definition) is 0. The number of nitrogens with zero attached hydrogens (tertiary/aromatic N) is 1. The second-order valence-electron chi connectivity index (χ2n) is 5.42. The predicted molar refractivity (Wildman–Crippen MR) is 96.3 cm³/mol. The third-order valence-electron chi connectivity index (χ3n) is 3.54. The van der Waals surface area contributed by atoms with E-state index in [9.17, 15) is 45.1 Å². The molecule has 0 heterocycles. The van der Waals surface area contributed by atoms with Crippen molar-refractivity contribution in [2.75, 3.05) is 0 Å². The average molecular weight is 573 g/mol. The van der Waals surface area contributed by atoms with Crippen LogP contribution in [0.4, 0.5) is 36.4 Å². The molecule has 1 unspecified atom stereocenters. The maximum absolute atomic E-state index is 14.0. The molecular weight excluding hydrogens is 567 g/mol. The maximum Gasteiger partial charge on any atom is 0.461 e. The van der Waals surface area contributed by atoms with Crippen LogP contribution in [-0.2, 0) is 10.8 Å². The van der Waals surface area contributed by atoms with Crippen molar-refractivity contribution in [2.24, 2.45) is 0 Å². The summed E-state index contributed by atoms with van der Waals surface area (Å²) >= 11 is 5.82. The molecule has 0 spiro atoms. The van der Waals surface area contributed by atoms with Crippen LogP contribution in [0.5, 0.6) is 0 Å². The van der Waals surface area contributed by atoms with Gasteiger partial charge < -0.3 is 0 Å². The Morgan fingerprint density at radius 2 is 1.45 bits per heavy atom. The summed E-state index contributed by atoms with van der Waals surface area (Å²) in [5.41, 5.74) is -0.859. The van der Waals surface area contributed by atoms with E-state index < -0.39 is 43.7 Å². The fraction of sp³-hybridized carbons (Fsp3) is 0.200. The van der Waals surface area contributed by atoms with Crippen LogP contribution in [0, 0.1) is 10.1 Å². The molecule has 1 atom stereocenters. The minimum Gasteiger partial charge on any atom is -0.258 e. The molecule has 0 fully saturated rings. The predicted octanol–water partition coefficient (Wildman–Crippen LogP) is 6.68. The highest BCUT2D eigenvalue weighted by Crippen LogP contribution is 2.51. The molecule has 0 aliphatic rings. The van der Waals surface area contributed by atoms with Gasteiger partial charge in [-0.2, -0.15) is 30.7 Å². The summed E-state index contributed by atoms with van der Waals surface area (Å²) < 4.78 is 104. The molecule has 0 saturated heterocycles. The van der Waals surface area contributed by atoms with Crippen molar-refractivity contribution in [3.05, 3.63) is 55.5 Å². The van der Waals surface area contributed by atoms with Gasteiger partial charge in [0, 0.05) is 26.6 Å². The SMILES string of the molecule is O=[N+]([O-])c1ccc(-c2c(Br)cc(Br)cc2S(=O)C(F)(F)C(F)(F)C(F)(F)F)cc1. The van der Waals surface area contributed by atoms with Gasteiger partial charge in [0.25, 0.3) is 5.69 Å². The van der Waals surface area contributed by atoms with Crippen LogP contribution < -0.4 is 0 Å². The first-order chi connectivity index (χ1) is 13.1. The normalized spacial score (nSPS) is 14.0. The van der Waals surface area contributed by atoms with Crippen LogP contribution in [0.2, 0.25) is 0 Å². The van der Waals surface area contributed by atoms with E-state index in [0.29, 0.717) is 6.07 Å². The highest BCUT2D eigenvalue weighted by molar-refractivity contribution is 9.11. The summed E-state index contributed by atoms with van der Waals surface area (Å²) in [4.78, 5) is 8.92. The Labute approximate surface area is 177 Å². The zero-order valence-electron chi connectivity index (χ0n) is 13.4. The maximum atomic E-state index is 14.0. The Bertz CT molecular complexity index is 981. The number of nitro groups is 1. The van der Waals surface area contributed by atoms with E-state index in [1.807, 2.05) is 0 Å². The van der Waals surface area contributed by atoms with Crippen LogP contribution in [0.1, 0.15) is 0 Å². The second kappa shape index (κ2) is 7.95. The first-order valence-corrected chi connectivity index (χ1v) is 9.83. The molecule has 158 valence electrons. The summed E-state index contributed by atoms with van der Waals surface area (Å²) in [5.74, 6) is -6.58. The van der Waals surface area contributed by atoms with Gasteiger partial charge >= 0.3 is 17.4 Å². The van der Waals surface area contributed by atoms with E-state index in [4.69, 9.17) is 0 Å². The number of rotatable bonds is 5. The molecule has 2 aromatic carbocycles. The van der Waals surface area contributed by atoms with Crippen molar-refractivity contribution in [3.8, 4) is 11.1 Å². The molecular formula is C15H6Br2F7NO3S. The number of hydrogen-bond acceptors (Lipinski definition) is 3. The number of alkyl halides is 7. The van der Waals surface area contributed by atoms with E-state index in [1.54, 1.807) is 0 Å². The van der Waals surface area contributed by atoms with E-state index in [0.717, 1.165) is 24.3 Å². The number of non-ortho nitro benzene ring substituents is 1. The highest BCUT2D eigenvalue weighted by atomic mass is 79.9. The third-order valence-corrected chi connectivity index (χ3v) is 6.07. The van der Waals surface area contributed by atoms with Crippen LogP contribution in [-0.4, -0.2) is 26.5 Å². The van der Waals surface area contributed by atoms with Gasteiger partial charge in [0.15, 0.2) is 0 Å². The summed E-state index contributed by atoms with van der Waals surface area (Å²) in [6.07, 6.45) is -6.65. The smallest absolute Gasteiger partial charge is 0.258 e. The standard InChI is InChI=1S/C15H6Br2F7NO3S/c16-8-5-10(17)12(7-1-3-9(4-2-7)25(26)27)11(6-8)29(28)15(23,24)13(18,19)14(20,21)22/h1-6H. The van der Waals surface area contributed by atoms with E-state index in [2.05, 4.69) is 31.9 Å². The third kappa shape index (κ3) is 4.33. The van der Waals surface area contributed by atoms with Crippen molar-refractivity contribution in [2.45, 2.75) is 22.2 Å². The fourth-order valence-corrected chi connectivity index (χ4v) is 5.15. The molecule has 0 aliphatic carbocycles. The van der Waals surface area contributed by atoms with Gasteiger partial charge in [-0.05, 0) is 29.8 Å². The Morgan fingerprint density at radius 3 is 1.90 bits per heavy atom. The minimum atomic E-state index is -6.65. The number of benzene rings is 2. The average Bonchev–Trinajstić information content (AvgIpc) is 2.59. The second-order valence-corrected chi connectivity index (χ2v) is 8.68. The Morgan fingerprint density at radius 1 is 0.931 bits per heavy atom. The lowest BCUT2D eigenvalue weighted by atomic mass is 10.1. The zero-order valence-corrected chi connectivity index (χ0v) is 17.4. The summed E-state index contributed by atoms with van der Waals surface area (Å²) in [6, 6.07) is 5.97. The Balaban J connectivity index is 2.70. The van der Waals surface area contributed by atoms with Gasteiger partial charge in [-0.1, -0.05) is 31.9 Å². The van der Waals surface area contributed by atoms with Crippen LogP contribution in [0.15, 0.2) is 50.2 Å². The molecule has 2 rings (SSSR count). The molecule has 29 heavy (non-hydrogen) atoms. The zero-order chi connectivity index (χ0) is 22.4. The molecule has 4 nitrogen and oxygen atoms in total. The molecule has 0 aliphatic heterocycles. The van der Waals surface area contributed by atoms with Gasteiger partial charge in [-0.25, -0.2) is 4.21 Å². The van der Waals surface area contributed by atoms with Crippen molar-refractivity contribution in [1.82, 2.24) is 0 Å². The molecule has 0 aromatic heterocycles. The summed E-state index contributed by atoms with van der Waals surface area (Å²) in [6.45, 7) is 0. The van der Waals surface area contributed by atoms with Crippen molar-refractivity contribution in [3.63, 3.8) is 0 Å². The largest absolute Gasteiger partial charge is 0.461 e. The van der Waals surface area contributed by atoms with Crippen LogP contribution in [0.3, 0.4) is 0 Å². The highest BCUT2D eigenvalue weighted by Gasteiger charge is 2.76. The molecule has 0 radical (unpaired) electrons. The lowest BCUT2D eigenvalue weighted by Crippen LogP contribution is -2.54. The monoisotopic (exact) mass is 571 g/mol. The molecule has 0 amide bonds. The lowest BCUT2D eigenvalue weighted by Gasteiger charge is -2.28. The Kier molecular flexibility index (Phi) is 6.50. The quantitative estimate of drug-likeness (QED) is 0.228. The van der Waals surface area contributed by atoms with E-state index >= 15 is 0 Å². The van der Waals surface area contributed by atoms with Crippen LogP contribution >= 0.6 is 31.9 Å². The summed E-state index contributed by atoms with van der Waals surface area (Å²) in [5, 5.41) is 4.72. The van der Waals surface area contributed by atoms with E-state index in [1.165, 1.54) is 6.07 Å². The lowest BCUT2D eigenvalue weighted by molar-refractivity contribution is -0.384. The first kappa shape index (κ1) is 23.7. The van der Waals surface area contributed by atoms with Crippen molar-refractivity contribution in [1.29, 1.82) is 0 Å². The molecule has 0 N–H and O–H groups in total. The van der Waals surface area contributed by atoms with Gasteiger partial charge in [0.05, 0.1) is 9.82 Å². The number of halogens is 9. The molecule has 0 saturated carbocycles. The van der Waals surface area contributed by atoms with Gasteiger partial charge in [-0.3, -0.25) is 10.1 Å². The van der Waals surface area contributed by atoms with E-state index in [-0.39, 0.29) is 20.1 Å². The summed E-state index contributed by atoms with van der Waals surface area (Å²) in [7, 11) is -4.15. The van der Waals surface area contributed by atoms with Gasteiger partial charge in [0.2, 0.25) is 0 Å². The molecule has 2 aromatic rings. The minimum absolute atomic E-state index is 0.0375. The topological polar surface area (TPSA) is 60.2 Å². The van der Waals surface area contributed by atoms with Crippen LogP contribution in [0.25, 0.3) is 11.1 Å².